The van der Waals surface area contributed by atoms with E-state index >= 15 is 0 Å². The summed E-state index contributed by atoms with van der Waals surface area (Å²) in [6.45, 7) is 4.02. The van der Waals surface area contributed by atoms with Gasteiger partial charge in [0.05, 0.1) is 0 Å². The zero-order valence-corrected chi connectivity index (χ0v) is 13.0. The van der Waals surface area contributed by atoms with E-state index in [1.165, 1.54) is 10.6 Å². The van der Waals surface area contributed by atoms with Crippen LogP contribution >= 0.6 is 36.7 Å². The molecule has 1 aliphatic heterocycles. The molecule has 0 aliphatic carbocycles. The maximum absolute atomic E-state index is 5.48. The Labute approximate surface area is 128 Å². The number of thiocarbonyl (C=S) groups is 3. The molecule has 0 saturated carbocycles. The quantitative estimate of drug-likeness (QED) is 0.715. The van der Waals surface area contributed by atoms with Crippen LogP contribution in [0.1, 0.15) is 18.1 Å². The molecule has 1 aromatic rings. The molecule has 0 radical (unpaired) electrons. The van der Waals surface area contributed by atoms with Crippen LogP contribution in [0.2, 0.25) is 0 Å². The third-order valence-corrected chi connectivity index (χ3v) is 4.01. The van der Waals surface area contributed by atoms with E-state index < -0.39 is 5.54 Å². The van der Waals surface area contributed by atoms with Gasteiger partial charge < -0.3 is 11.1 Å². The van der Waals surface area contributed by atoms with Crippen molar-refractivity contribution in [2.24, 2.45) is 5.73 Å². The normalized spacial score (nSPS) is 22.3. The minimum absolute atomic E-state index is 0.125. The number of nitrogens with zero attached hydrogens (tertiary/aromatic N) is 1. The summed E-state index contributed by atoms with van der Waals surface area (Å²) in [6, 6.07) is 8.14. The van der Waals surface area contributed by atoms with E-state index in [1.807, 2.05) is 38.1 Å². The van der Waals surface area contributed by atoms with Crippen molar-refractivity contribution in [1.82, 2.24) is 15.8 Å². The first-order valence-corrected chi connectivity index (χ1v) is 6.87. The second-order valence-corrected chi connectivity index (χ2v) is 5.75. The SMILES string of the molecule is Cc1ccc([C@@]2(C)NC(=S)N(NC(N)=S)C2=S)cc1. The van der Waals surface area contributed by atoms with Crippen molar-refractivity contribution in [2.75, 3.05) is 0 Å². The first-order chi connectivity index (χ1) is 8.84. The molecular formula is C12H14N4S3. The summed E-state index contributed by atoms with van der Waals surface area (Å²) in [5.41, 5.74) is 9.94. The fourth-order valence-electron chi connectivity index (χ4n) is 1.93. The van der Waals surface area contributed by atoms with E-state index in [2.05, 4.69) is 10.7 Å². The van der Waals surface area contributed by atoms with E-state index in [1.54, 1.807) is 0 Å². The summed E-state index contributed by atoms with van der Waals surface area (Å²) in [5, 5.41) is 5.33. The van der Waals surface area contributed by atoms with Crippen molar-refractivity contribution in [3.8, 4) is 0 Å². The number of aryl methyl sites for hydroxylation is 1. The van der Waals surface area contributed by atoms with Gasteiger partial charge in [0.25, 0.3) is 0 Å². The number of hydrogen-bond acceptors (Lipinski definition) is 3. The van der Waals surface area contributed by atoms with E-state index in [0.29, 0.717) is 10.1 Å². The summed E-state index contributed by atoms with van der Waals surface area (Å²) >= 11 is 15.6. The molecule has 0 amide bonds. The molecule has 1 aliphatic rings. The molecule has 1 fully saturated rings. The fraction of sp³-hybridized carbons (Fsp3) is 0.250. The summed E-state index contributed by atoms with van der Waals surface area (Å²) < 4.78 is 0. The minimum Gasteiger partial charge on any atom is -0.375 e. The average molecular weight is 310 g/mol. The monoisotopic (exact) mass is 310 g/mol. The third-order valence-electron chi connectivity index (χ3n) is 3.04. The number of hydrazine groups is 1. The molecule has 0 bridgehead atoms. The van der Waals surface area contributed by atoms with Crippen molar-refractivity contribution >= 4 is 51.9 Å². The van der Waals surface area contributed by atoms with Gasteiger partial charge in [-0.2, -0.15) is 0 Å². The first kappa shape index (κ1) is 14.1. The number of nitrogens with one attached hydrogen (secondary N) is 2. The summed E-state index contributed by atoms with van der Waals surface area (Å²) in [4.78, 5) is 0.592. The van der Waals surface area contributed by atoms with Crippen LogP contribution in [-0.4, -0.2) is 20.2 Å². The van der Waals surface area contributed by atoms with Gasteiger partial charge >= 0.3 is 0 Å². The Hall–Kier alpha value is -1.31. The van der Waals surface area contributed by atoms with Crippen molar-refractivity contribution in [3.63, 3.8) is 0 Å². The molecule has 4 N–H and O–H groups in total. The molecule has 1 heterocycles. The lowest BCUT2D eigenvalue weighted by atomic mass is 9.92. The second kappa shape index (κ2) is 4.99. The molecular weight excluding hydrogens is 296 g/mol. The highest BCUT2D eigenvalue weighted by atomic mass is 32.1. The van der Waals surface area contributed by atoms with Gasteiger partial charge in [-0.15, -0.1) is 0 Å². The topological polar surface area (TPSA) is 53.3 Å². The van der Waals surface area contributed by atoms with E-state index in [4.69, 9.17) is 42.4 Å². The molecule has 19 heavy (non-hydrogen) atoms. The molecule has 0 unspecified atom stereocenters. The van der Waals surface area contributed by atoms with E-state index in [-0.39, 0.29) is 5.11 Å². The van der Waals surface area contributed by atoms with Gasteiger partial charge in [0.1, 0.15) is 10.5 Å². The Morgan fingerprint density at radius 1 is 1.32 bits per heavy atom. The number of benzene rings is 1. The van der Waals surface area contributed by atoms with Gasteiger partial charge in [0.2, 0.25) is 0 Å². The Morgan fingerprint density at radius 2 is 1.89 bits per heavy atom. The second-order valence-electron chi connectivity index (χ2n) is 4.54. The summed E-state index contributed by atoms with van der Waals surface area (Å²) in [7, 11) is 0. The predicted octanol–water partition coefficient (Wildman–Crippen LogP) is 1.48. The lowest BCUT2D eigenvalue weighted by molar-refractivity contribution is 0.567. The molecule has 2 rings (SSSR count). The largest absolute Gasteiger partial charge is 0.375 e. The highest BCUT2D eigenvalue weighted by Gasteiger charge is 2.44. The number of nitrogens with two attached hydrogens (primary N) is 1. The van der Waals surface area contributed by atoms with Crippen molar-refractivity contribution in [1.29, 1.82) is 0 Å². The maximum Gasteiger partial charge on any atom is 0.194 e. The standard InChI is InChI=1S/C12H14N4S3/c1-7-3-5-8(6-4-7)12(2)9(17)16(11(19)14-12)15-10(13)18/h3-6H,1-2H3,(H,14,19)(H3,13,15,18)/t12-/m1/s1. The molecule has 0 spiro atoms. The molecule has 1 atom stereocenters. The first-order valence-electron chi connectivity index (χ1n) is 5.64. The fourth-order valence-corrected chi connectivity index (χ4v) is 2.73. The Kier molecular flexibility index (Phi) is 3.71. The number of hydrogen-bond donors (Lipinski definition) is 3. The van der Waals surface area contributed by atoms with Crippen molar-refractivity contribution in [3.05, 3.63) is 35.4 Å². The van der Waals surface area contributed by atoms with Gasteiger partial charge in [-0.3, -0.25) is 5.43 Å². The highest BCUT2D eigenvalue weighted by Crippen LogP contribution is 2.29. The van der Waals surface area contributed by atoms with Crippen LogP contribution in [0.3, 0.4) is 0 Å². The van der Waals surface area contributed by atoms with Gasteiger partial charge in [-0.1, -0.05) is 42.0 Å². The maximum atomic E-state index is 5.48. The van der Waals surface area contributed by atoms with Crippen LogP contribution in [0.5, 0.6) is 0 Å². The van der Waals surface area contributed by atoms with E-state index in [9.17, 15) is 0 Å². The predicted molar refractivity (Wildman–Crippen MR) is 88.6 cm³/mol. The minimum atomic E-state index is -0.544. The van der Waals surface area contributed by atoms with Crippen LogP contribution in [0.15, 0.2) is 24.3 Å². The van der Waals surface area contributed by atoms with Crippen LogP contribution in [0, 0.1) is 6.92 Å². The Bertz CT molecular complexity index is 555. The van der Waals surface area contributed by atoms with Gasteiger partial charge in [0, 0.05) is 0 Å². The van der Waals surface area contributed by atoms with Gasteiger partial charge in [0.15, 0.2) is 10.2 Å². The van der Waals surface area contributed by atoms with E-state index in [0.717, 1.165) is 5.56 Å². The molecule has 1 aromatic carbocycles. The van der Waals surface area contributed by atoms with Crippen molar-refractivity contribution < 1.29 is 0 Å². The zero-order chi connectivity index (χ0) is 14.2. The molecule has 0 aromatic heterocycles. The molecule has 4 nitrogen and oxygen atoms in total. The van der Waals surface area contributed by atoms with Gasteiger partial charge in [-0.05, 0) is 43.8 Å². The Balaban J connectivity index is 2.35. The highest BCUT2D eigenvalue weighted by molar-refractivity contribution is 7.82. The molecule has 1 saturated heterocycles. The zero-order valence-electron chi connectivity index (χ0n) is 10.6. The average Bonchev–Trinajstić information content (AvgIpc) is 2.54. The number of rotatable bonds is 2. The Morgan fingerprint density at radius 3 is 2.42 bits per heavy atom. The van der Waals surface area contributed by atoms with Gasteiger partial charge in [-0.25, -0.2) is 5.01 Å². The smallest absolute Gasteiger partial charge is 0.194 e. The van der Waals surface area contributed by atoms with Crippen LogP contribution in [0.4, 0.5) is 0 Å². The lowest BCUT2D eigenvalue weighted by Crippen LogP contribution is -2.48. The molecule has 100 valence electrons. The van der Waals surface area contributed by atoms with Crippen molar-refractivity contribution in [2.45, 2.75) is 19.4 Å². The summed E-state index contributed by atoms with van der Waals surface area (Å²) in [5.74, 6) is 0. The summed E-state index contributed by atoms with van der Waals surface area (Å²) in [6.07, 6.45) is 0. The van der Waals surface area contributed by atoms with Crippen LogP contribution < -0.4 is 16.5 Å². The third kappa shape index (κ3) is 2.54. The lowest BCUT2D eigenvalue weighted by Gasteiger charge is -2.25. The van der Waals surface area contributed by atoms with Crippen LogP contribution in [0.25, 0.3) is 0 Å². The van der Waals surface area contributed by atoms with Crippen LogP contribution in [-0.2, 0) is 5.54 Å². The molecule has 7 heteroatoms.